The maximum Gasteiger partial charge on any atom is 0.329 e. The Morgan fingerprint density at radius 1 is 1.33 bits per heavy atom. The van der Waals surface area contributed by atoms with Crippen LogP contribution in [0.4, 0.5) is 0 Å². The molecule has 2 bridgehead atoms. The Balaban J connectivity index is 1.50. The number of carbonyl (C=O) groups excluding carboxylic acids is 1. The van der Waals surface area contributed by atoms with Crippen LogP contribution < -0.4 is 10.1 Å². The van der Waals surface area contributed by atoms with Gasteiger partial charge in [0.25, 0.3) is 0 Å². The third-order valence-electron chi connectivity index (χ3n) is 7.53. The lowest BCUT2D eigenvalue weighted by atomic mass is 9.48. The maximum absolute atomic E-state index is 12.4. The van der Waals surface area contributed by atoms with Gasteiger partial charge in [-0.2, -0.15) is 0 Å². The molecule has 9 nitrogen and oxygen atoms in total. The minimum Gasteiger partial charge on any atom is -0.504 e. The largest absolute Gasteiger partial charge is 0.504 e. The zero-order chi connectivity index (χ0) is 21.3. The fraction of sp³-hybridized carbons (Fsp3) is 0.619. The molecule has 1 spiro atoms. The van der Waals surface area contributed by atoms with Gasteiger partial charge in [0.1, 0.15) is 19.3 Å². The van der Waals surface area contributed by atoms with Crippen molar-refractivity contribution in [2.75, 3.05) is 26.8 Å². The molecule has 9 heteroatoms. The summed E-state index contributed by atoms with van der Waals surface area (Å²) in [6.07, 6.45) is 1.84. The molecule has 4 N–H and O–H groups in total. The van der Waals surface area contributed by atoms with E-state index in [9.17, 15) is 19.8 Å². The molecule has 30 heavy (non-hydrogen) atoms. The van der Waals surface area contributed by atoms with Crippen molar-refractivity contribution in [1.29, 1.82) is 0 Å². The van der Waals surface area contributed by atoms with Gasteiger partial charge in [0.05, 0.1) is 17.1 Å². The maximum atomic E-state index is 12.4. The molecule has 1 saturated carbocycles. The van der Waals surface area contributed by atoms with E-state index in [-0.39, 0.29) is 24.4 Å². The molecule has 4 aliphatic rings. The van der Waals surface area contributed by atoms with Crippen molar-refractivity contribution in [2.45, 2.75) is 54.9 Å². The first-order valence-corrected chi connectivity index (χ1v) is 10.3. The minimum absolute atomic E-state index is 0.0483. The Hall–Kier alpha value is -2.36. The number of nitrogens with one attached hydrogen (secondary N) is 1. The number of aromatic hydroxyl groups is 1. The van der Waals surface area contributed by atoms with E-state index in [1.807, 2.05) is 13.1 Å². The second-order valence-electron chi connectivity index (χ2n) is 8.93. The van der Waals surface area contributed by atoms with Crippen molar-refractivity contribution < 1.29 is 34.4 Å². The van der Waals surface area contributed by atoms with Gasteiger partial charge in [-0.25, -0.2) is 4.79 Å². The van der Waals surface area contributed by atoms with Gasteiger partial charge < -0.3 is 35.0 Å². The highest BCUT2D eigenvalue weighted by atomic mass is 16.5. The van der Waals surface area contributed by atoms with Gasteiger partial charge in [-0.3, -0.25) is 4.79 Å². The first-order valence-electron chi connectivity index (χ1n) is 10.3. The Kier molecular flexibility index (Phi) is 4.29. The molecule has 2 aliphatic carbocycles. The van der Waals surface area contributed by atoms with Crippen molar-refractivity contribution >= 4 is 11.9 Å². The number of benzene rings is 1. The summed E-state index contributed by atoms with van der Waals surface area (Å²) >= 11 is 0. The quantitative estimate of drug-likeness (QED) is 0.516. The highest BCUT2D eigenvalue weighted by molar-refractivity contribution is 5.78. The number of phenols is 1. The van der Waals surface area contributed by atoms with Crippen molar-refractivity contribution in [2.24, 2.45) is 0 Å². The summed E-state index contributed by atoms with van der Waals surface area (Å²) in [6.45, 7) is -0.121. The molecule has 2 fully saturated rings. The van der Waals surface area contributed by atoms with Crippen molar-refractivity contribution in [1.82, 2.24) is 10.2 Å². The van der Waals surface area contributed by atoms with Crippen LogP contribution in [0, 0.1) is 0 Å². The summed E-state index contributed by atoms with van der Waals surface area (Å²) < 4.78 is 11.2. The van der Waals surface area contributed by atoms with E-state index in [4.69, 9.17) is 14.6 Å². The standard InChI is InChI=1S/C21H26N2O7/c1-23-7-6-20-17-11-2-3-13(24)18(17)30-19(20)12(4-5-21(20,28)14(23)8-11)22-15(25)9-29-10-16(26)27/h2-3,12,14,19,24,28H,4-10H2,1H3,(H,22,25)(H,26,27)/t12-,14?,19-,20-,21+/m0/s1. The van der Waals surface area contributed by atoms with Crippen LogP contribution in [0.2, 0.25) is 0 Å². The predicted molar refractivity (Wildman–Crippen MR) is 104 cm³/mol. The van der Waals surface area contributed by atoms with E-state index < -0.39 is 35.6 Å². The van der Waals surface area contributed by atoms with Crippen LogP contribution in [0.5, 0.6) is 11.5 Å². The second-order valence-corrected chi connectivity index (χ2v) is 8.93. The van der Waals surface area contributed by atoms with E-state index in [0.717, 1.165) is 17.7 Å². The van der Waals surface area contributed by atoms with Gasteiger partial charge in [-0.1, -0.05) is 6.07 Å². The molecule has 162 valence electrons. The summed E-state index contributed by atoms with van der Waals surface area (Å²) in [4.78, 5) is 25.2. The molecule has 1 unspecified atom stereocenters. The molecule has 0 radical (unpaired) electrons. The number of carboxylic acids is 1. The molecule has 5 atom stereocenters. The number of likely N-dealkylation sites (N-methyl/N-ethyl adjacent to an activating group) is 1. The number of piperidine rings is 1. The SMILES string of the molecule is CN1CC[C@]23c4c5ccc(O)c4O[C@H]2[C@@H](NC(=O)COCC(=O)O)CC[C@@]3(O)C1C5. The van der Waals surface area contributed by atoms with E-state index in [1.54, 1.807) is 6.07 Å². The third kappa shape index (κ3) is 2.45. The number of carbonyl (C=O) groups is 2. The monoisotopic (exact) mass is 418 g/mol. The fourth-order valence-electron chi connectivity index (χ4n) is 6.38. The molecule has 5 rings (SSSR count). The lowest BCUT2D eigenvalue weighted by molar-refractivity contribution is -0.187. The zero-order valence-corrected chi connectivity index (χ0v) is 16.8. The number of hydrogen-bond acceptors (Lipinski definition) is 7. The molecule has 1 saturated heterocycles. The minimum atomic E-state index is -1.14. The normalized spacial score (nSPS) is 36.0. The average Bonchev–Trinajstić information content (AvgIpc) is 3.04. The summed E-state index contributed by atoms with van der Waals surface area (Å²) in [5.41, 5.74) is 0.241. The lowest BCUT2D eigenvalue weighted by Crippen LogP contribution is -2.77. The number of rotatable bonds is 5. The summed E-state index contributed by atoms with van der Waals surface area (Å²) in [5.74, 6) is -1.09. The Morgan fingerprint density at radius 3 is 2.90 bits per heavy atom. The van der Waals surface area contributed by atoms with Gasteiger partial charge >= 0.3 is 5.97 Å². The van der Waals surface area contributed by atoms with Crippen LogP contribution in [-0.2, 0) is 26.2 Å². The molecule has 1 aromatic rings. The molecular formula is C21H26N2O7. The topological polar surface area (TPSA) is 129 Å². The Bertz CT molecular complexity index is 921. The number of aliphatic hydroxyl groups is 1. The van der Waals surface area contributed by atoms with Crippen molar-refractivity contribution in [3.05, 3.63) is 23.3 Å². The number of nitrogens with zero attached hydrogens (tertiary/aromatic N) is 1. The number of ether oxygens (including phenoxy) is 2. The predicted octanol–water partition coefficient (Wildman–Crippen LogP) is -0.238. The number of hydrogen-bond donors (Lipinski definition) is 4. The van der Waals surface area contributed by atoms with E-state index in [2.05, 4.69) is 10.2 Å². The van der Waals surface area contributed by atoms with Crippen LogP contribution in [0.1, 0.15) is 30.4 Å². The van der Waals surface area contributed by atoms with Gasteiger partial charge in [0, 0.05) is 11.6 Å². The number of amides is 1. The number of carboxylic acid groups (broad SMARTS) is 1. The molecule has 2 heterocycles. The van der Waals surface area contributed by atoms with Crippen molar-refractivity contribution in [3.8, 4) is 11.5 Å². The Labute approximate surface area is 173 Å². The molecule has 0 aromatic heterocycles. The van der Waals surface area contributed by atoms with Gasteiger partial charge in [0.2, 0.25) is 5.91 Å². The van der Waals surface area contributed by atoms with Gasteiger partial charge in [-0.15, -0.1) is 0 Å². The van der Waals surface area contributed by atoms with Gasteiger partial charge in [-0.05, 0) is 50.9 Å². The van der Waals surface area contributed by atoms with E-state index >= 15 is 0 Å². The Morgan fingerprint density at radius 2 is 2.13 bits per heavy atom. The van der Waals surface area contributed by atoms with Gasteiger partial charge in [0.15, 0.2) is 11.5 Å². The van der Waals surface area contributed by atoms with Crippen LogP contribution in [0.25, 0.3) is 0 Å². The molecule has 1 amide bonds. The molecule has 1 aromatic carbocycles. The molecular weight excluding hydrogens is 392 g/mol. The number of likely N-dealkylation sites (tertiary alicyclic amines) is 1. The second kappa shape index (κ2) is 6.57. The summed E-state index contributed by atoms with van der Waals surface area (Å²) in [6, 6.07) is 3.11. The first kappa shape index (κ1) is 19.6. The smallest absolute Gasteiger partial charge is 0.329 e. The lowest BCUT2D eigenvalue weighted by Gasteiger charge is -2.63. The van der Waals surface area contributed by atoms with Crippen LogP contribution in [0.3, 0.4) is 0 Å². The number of phenolic OH excluding ortho intramolecular Hbond substituents is 1. The summed E-state index contributed by atoms with van der Waals surface area (Å²) in [7, 11) is 2.03. The highest BCUT2D eigenvalue weighted by Crippen LogP contribution is 2.65. The first-order chi connectivity index (χ1) is 14.3. The summed E-state index contributed by atoms with van der Waals surface area (Å²) in [5, 5.41) is 34.1. The average molecular weight is 418 g/mol. The van der Waals surface area contributed by atoms with E-state index in [1.165, 1.54) is 0 Å². The zero-order valence-electron chi connectivity index (χ0n) is 16.8. The van der Waals surface area contributed by atoms with Crippen LogP contribution in [-0.4, -0.2) is 82.7 Å². The highest BCUT2D eigenvalue weighted by Gasteiger charge is 2.72. The fourth-order valence-corrected chi connectivity index (χ4v) is 6.38. The molecule has 2 aliphatic heterocycles. The van der Waals surface area contributed by atoms with E-state index in [0.29, 0.717) is 31.4 Å². The third-order valence-corrected chi connectivity index (χ3v) is 7.53. The van der Waals surface area contributed by atoms with Crippen molar-refractivity contribution in [3.63, 3.8) is 0 Å². The number of aliphatic carboxylic acids is 1. The van der Waals surface area contributed by atoms with Crippen LogP contribution in [0.15, 0.2) is 12.1 Å². The van der Waals surface area contributed by atoms with Crippen LogP contribution >= 0.6 is 0 Å².